The summed E-state index contributed by atoms with van der Waals surface area (Å²) in [4.78, 5) is 25.9. The molecular weight excluding hydrogens is 485 g/mol. The topological polar surface area (TPSA) is 67.9 Å². The van der Waals surface area contributed by atoms with Crippen LogP contribution in [0.15, 0.2) is 54.6 Å². The Morgan fingerprint density at radius 1 is 0.973 bits per heavy atom. The van der Waals surface area contributed by atoms with E-state index in [9.17, 15) is 22.8 Å². The van der Waals surface area contributed by atoms with Gasteiger partial charge in [0.25, 0.3) is 0 Å². The van der Waals surface area contributed by atoms with Crippen molar-refractivity contribution in [1.82, 2.24) is 4.90 Å². The summed E-state index contributed by atoms with van der Waals surface area (Å²) in [6, 6.07) is 15.6. The van der Waals surface area contributed by atoms with Crippen LogP contribution < -0.4 is 10.1 Å². The van der Waals surface area contributed by atoms with Crippen LogP contribution in [0.1, 0.15) is 46.6 Å². The van der Waals surface area contributed by atoms with E-state index in [2.05, 4.69) is 13.8 Å². The maximum atomic E-state index is 13.1. The largest absolute Gasteiger partial charge is 0.493 e. The highest BCUT2D eigenvalue weighted by molar-refractivity contribution is 5.94. The average Bonchev–Trinajstić information content (AvgIpc) is 2.79. The first kappa shape index (κ1) is 30.0. The zero-order chi connectivity index (χ0) is 27.6. The zero-order valence-corrected chi connectivity index (χ0v) is 22.1. The van der Waals surface area contributed by atoms with Crippen LogP contribution in [0, 0.1) is 11.8 Å². The molecule has 1 atom stereocenters. The Morgan fingerprint density at radius 3 is 2.14 bits per heavy atom. The fourth-order valence-electron chi connectivity index (χ4n) is 3.71. The summed E-state index contributed by atoms with van der Waals surface area (Å²) in [6.45, 7) is 10.9. The smallest absolute Gasteiger partial charge is 0.471 e. The van der Waals surface area contributed by atoms with Gasteiger partial charge < -0.3 is 19.7 Å². The molecule has 0 aliphatic heterocycles. The molecule has 0 unspecified atom stereocenters. The summed E-state index contributed by atoms with van der Waals surface area (Å²) in [5.41, 5.74) is 0.187. The highest BCUT2D eigenvalue weighted by Crippen LogP contribution is 2.21. The van der Waals surface area contributed by atoms with Gasteiger partial charge in [0, 0.05) is 24.7 Å². The molecule has 1 N–H and O–H groups in total. The molecule has 6 nitrogen and oxygen atoms in total. The first-order valence-corrected chi connectivity index (χ1v) is 12.4. The highest BCUT2D eigenvalue weighted by atomic mass is 19.4. The molecule has 37 heavy (non-hydrogen) atoms. The van der Waals surface area contributed by atoms with Gasteiger partial charge in [-0.05, 0) is 69.4 Å². The standard InChI is InChI=1S/C28H37F3N2O4/c1-20(2)17-22(19-36-24-9-7-6-8-10-24)18-33(26(35)37-27(3,4)5)16-15-21-11-13-23(14-12-21)32-25(34)28(29,30)31/h6-14,20,22H,15-19H2,1-5H3,(H,32,34)/t22-/m0/s1. The number of anilines is 1. The van der Waals surface area contributed by atoms with Crippen LogP contribution in [0.3, 0.4) is 0 Å². The minimum absolute atomic E-state index is 0.0464. The number of amides is 2. The van der Waals surface area contributed by atoms with Gasteiger partial charge >= 0.3 is 18.2 Å². The predicted octanol–water partition coefficient (Wildman–Crippen LogP) is 6.71. The molecule has 204 valence electrons. The van der Waals surface area contributed by atoms with E-state index in [-0.39, 0.29) is 11.6 Å². The monoisotopic (exact) mass is 522 g/mol. The maximum absolute atomic E-state index is 13.1. The van der Waals surface area contributed by atoms with Crippen molar-refractivity contribution in [1.29, 1.82) is 0 Å². The van der Waals surface area contributed by atoms with Crippen LogP contribution in [0.2, 0.25) is 0 Å². The second-order valence-corrected chi connectivity index (χ2v) is 10.4. The Balaban J connectivity index is 2.09. The van der Waals surface area contributed by atoms with Gasteiger partial charge in [0.1, 0.15) is 11.4 Å². The second-order valence-electron chi connectivity index (χ2n) is 10.4. The van der Waals surface area contributed by atoms with Crippen LogP contribution >= 0.6 is 0 Å². The Labute approximate surface area is 217 Å². The lowest BCUT2D eigenvalue weighted by atomic mass is 9.97. The molecule has 2 aromatic carbocycles. The first-order valence-electron chi connectivity index (χ1n) is 12.4. The molecule has 0 saturated heterocycles. The van der Waals surface area contributed by atoms with Crippen molar-refractivity contribution in [3.05, 3.63) is 60.2 Å². The number of para-hydroxylation sites is 1. The summed E-state index contributed by atoms with van der Waals surface area (Å²) >= 11 is 0. The van der Waals surface area contributed by atoms with E-state index in [1.165, 1.54) is 12.1 Å². The number of nitrogens with zero attached hydrogens (tertiary/aromatic N) is 1. The van der Waals surface area contributed by atoms with Crippen molar-refractivity contribution in [2.75, 3.05) is 25.0 Å². The van der Waals surface area contributed by atoms with Crippen molar-refractivity contribution in [3.8, 4) is 5.75 Å². The molecule has 2 rings (SSSR count). The van der Waals surface area contributed by atoms with Gasteiger partial charge in [0.2, 0.25) is 0 Å². The number of ether oxygens (including phenoxy) is 2. The van der Waals surface area contributed by atoms with E-state index < -0.39 is 23.8 Å². The highest BCUT2D eigenvalue weighted by Gasteiger charge is 2.38. The molecule has 0 spiro atoms. The number of benzene rings is 2. The molecule has 0 bridgehead atoms. The van der Waals surface area contributed by atoms with E-state index in [1.807, 2.05) is 35.6 Å². The van der Waals surface area contributed by atoms with E-state index in [4.69, 9.17) is 9.47 Å². The van der Waals surface area contributed by atoms with Crippen molar-refractivity contribution in [2.45, 2.75) is 59.2 Å². The number of carbonyl (C=O) groups excluding carboxylic acids is 2. The summed E-state index contributed by atoms with van der Waals surface area (Å²) in [5.74, 6) is -0.806. The van der Waals surface area contributed by atoms with Crippen molar-refractivity contribution < 1.29 is 32.2 Å². The van der Waals surface area contributed by atoms with Crippen molar-refractivity contribution in [2.24, 2.45) is 11.8 Å². The fourth-order valence-corrected chi connectivity index (χ4v) is 3.71. The maximum Gasteiger partial charge on any atom is 0.471 e. The number of nitrogens with one attached hydrogen (secondary N) is 1. The van der Waals surface area contributed by atoms with Gasteiger partial charge in [0.15, 0.2) is 0 Å². The van der Waals surface area contributed by atoms with Gasteiger partial charge in [-0.15, -0.1) is 0 Å². The van der Waals surface area contributed by atoms with Gasteiger partial charge in [-0.3, -0.25) is 4.79 Å². The Hall–Kier alpha value is -3.23. The van der Waals surface area contributed by atoms with Crippen LogP contribution in [0.5, 0.6) is 5.75 Å². The summed E-state index contributed by atoms with van der Waals surface area (Å²) < 4.78 is 49.1. The van der Waals surface area contributed by atoms with Gasteiger partial charge in [-0.2, -0.15) is 13.2 Å². The van der Waals surface area contributed by atoms with E-state index >= 15 is 0 Å². The molecule has 0 aromatic heterocycles. The third-order valence-corrected chi connectivity index (χ3v) is 5.30. The van der Waals surface area contributed by atoms with Crippen LogP contribution in [0.25, 0.3) is 0 Å². The summed E-state index contributed by atoms with van der Waals surface area (Å²) in [6.07, 6.45) is -4.08. The van der Waals surface area contributed by atoms with Gasteiger partial charge in [-0.1, -0.05) is 44.2 Å². The molecule has 9 heteroatoms. The van der Waals surface area contributed by atoms with Gasteiger partial charge in [-0.25, -0.2) is 4.79 Å². The van der Waals surface area contributed by atoms with E-state index in [1.54, 1.807) is 37.8 Å². The fraction of sp³-hybridized carbons (Fsp3) is 0.500. The minimum Gasteiger partial charge on any atom is -0.493 e. The third kappa shape index (κ3) is 11.6. The first-order chi connectivity index (χ1) is 17.2. The molecule has 2 amide bonds. The third-order valence-electron chi connectivity index (χ3n) is 5.30. The molecule has 0 radical (unpaired) electrons. The number of halogens is 3. The Kier molecular flexibility index (Phi) is 10.8. The molecule has 0 aliphatic rings. The minimum atomic E-state index is -4.96. The molecule has 2 aromatic rings. The van der Waals surface area contributed by atoms with E-state index in [0.717, 1.165) is 17.7 Å². The van der Waals surface area contributed by atoms with Crippen LogP contribution in [0.4, 0.5) is 23.7 Å². The number of carbonyl (C=O) groups is 2. The average molecular weight is 523 g/mol. The normalized spacial score (nSPS) is 12.7. The van der Waals surface area contributed by atoms with E-state index in [0.29, 0.717) is 32.0 Å². The summed E-state index contributed by atoms with van der Waals surface area (Å²) in [5, 5.41) is 1.83. The molecule has 0 saturated carbocycles. The van der Waals surface area contributed by atoms with Crippen LogP contribution in [-0.4, -0.2) is 48.4 Å². The zero-order valence-electron chi connectivity index (χ0n) is 22.1. The van der Waals surface area contributed by atoms with Gasteiger partial charge in [0.05, 0.1) is 6.61 Å². The molecule has 0 fully saturated rings. The number of alkyl halides is 3. The number of hydrogen-bond donors (Lipinski definition) is 1. The number of hydrogen-bond acceptors (Lipinski definition) is 4. The van der Waals surface area contributed by atoms with Crippen molar-refractivity contribution >= 4 is 17.7 Å². The quantitative estimate of drug-likeness (QED) is 0.356. The number of rotatable bonds is 11. The molecule has 0 aliphatic carbocycles. The SMILES string of the molecule is CC(C)C[C@H](COc1ccccc1)CN(CCc1ccc(NC(=O)C(F)(F)F)cc1)C(=O)OC(C)(C)C. The summed E-state index contributed by atoms with van der Waals surface area (Å²) in [7, 11) is 0. The van der Waals surface area contributed by atoms with Crippen LogP contribution in [-0.2, 0) is 16.0 Å². The second kappa shape index (κ2) is 13.4. The lowest BCUT2D eigenvalue weighted by molar-refractivity contribution is -0.167. The lowest BCUT2D eigenvalue weighted by Crippen LogP contribution is -2.42. The predicted molar refractivity (Wildman–Crippen MR) is 138 cm³/mol. The Morgan fingerprint density at radius 2 is 1.59 bits per heavy atom. The van der Waals surface area contributed by atoms with Crippen molar-refractivity contribution in [3.63, 3.8) is 0 Å². The molecule has 0 heterocycles. The lowest BCUT2D eigenvalue weighted by Gasteiger charge is -2.31. The molecular formula is C28H37F3N2O4. The Bertz CT molecular complexity index is 987.